The van der Waals surface area contributed by atoms with Crippen molar-refractivity contribution in [3.8, 4) is 11.8 Å². The van der Waals surface area contributed by atoms with Gasteiger partial charge in [0.25, 0.3) is 5.91 Å². The topological polar surface area (TPSA) is 46.3 Å². The number of amides is 1. The van der Waals surface area contributed by atoms with E-state index in [0.29, 0.717) is 17.0 Å². The molecule has 0 radical (unpaired) electrons. The molecule has 2 unspecified atom stereocenters. The van der Waals surface area contributed by atoms with E-state index in [4.69, 9.17) is 5.73 Å². The third kappa shape index (κ3) is 3.53. The Morgan fingerprint density at radius 3 is 2.79 bits per heavy atom. The second-order valence-electron chi connectivity index (χ2n) is 4.64. The van der Waals surface area contributed by atoms with Crippen LogP contribution in [-0.4, -0.2) is 40.9 Å². The zero-order valence-electron chi connectivity index (χ0n) is 11.2. The number of carbonyl (C=O) groups is 1. The fraction of sp³-hybridized carbons (Fsp3) is 0.500. The summed E-state index contributed by atoms with van der Waals surface area (Å²) >= 11 is 3.41. The minimum Gasteiger partial charge on any atom is -0.336 e. The van der Waals surface area contributed by atoms with Gasteiger partial charge >= 0.3 is 0 Å². The summed E-state index contributed by atoms with van der Waals surface area (Å²) in [5.74, 6) is 5.90. The molecule has 0 bridgehead atoms. The van der Waals surface area contributed by atoms with Gasteiger partial charge in [-0.3, -0.25) is 4.79 Å². The van der Waals surface area contributed by atoms with Crippen molar-refractivity contribution >= 4 is 29.0 Å². The summed E-state index contributed by atoms with van der Waals surface area (Å²) in [6.07, 6.45) is 0. The summed E-state index contributed by atoms with van der Waals surface area (Å²) < 4.78 is 0. The second kappa shape index (κ2) is 6.47. The molecule has 2 atom stereocenters. The number of thiophene rings is 1. The number of rotatable bonds is 1. The molecule has 0 spiro atoms. The molecule has 1 aromatic heterocycles. The maximum absolute atomic E-state index is 12.6. The highest BCUT2D eigenvalue weighted by atomic mass is 32.2. The Hall–Kier alpha value is -0.960. The maximum atomic E-state index is 12.6. The summed E-state index contributed by atoms with van der Waals surface area (Å²) in [6.45, 7) is 6.29. The third-order valence-electron chi connectivity index (χ3n) is 2.89. The van der Waals surface area contributed by atoms with Gasteiger partial charge in [0.1, 0.15) is 4.88 Å². The van der Waals surface area contributed by atoms with Crippen molar-refractivity contribution in [3.63, 3.8) is 0 Å². The van der Waals surface area contributed by atoms with Crippen molar-refractivity contribution < 1.29 is 4.79 Å². The monoisotopic (exact) mass is 294 g/mol. The Bertz CT molecular complexity index is 505. The average Bonchev–Trinajstić information content (AvgIpc) is 2.82. The standard InChI is InChI=1S/C14H18N2OS2/c1-10-8-16(9-11(2)19-10)14(17)13-12(4-3-6-15)5-7-18-13/h5,7,10-11H,6,8-9,15H2,1-2H3. The minimum absolute atomic E-state index is 0.107. The van der Waals surface area contributed by atoms with Crippen LogP contribution in [0.15, 0.2) is 11.4 Å². The van der Waals surface area contributed by atoms with Crippen LogP contribution in [0.3, 0.4) is 0 Å². The van der Waals surface area contributed by atoms with Gasteiger partial charge in [0.05, 0.1) is 6.54 Å². The molecule has 1 aromatic rings. The highest BCUT2D eigenvalue weighted by Gasteiger charge is 2.28. The van der Waals surface area contributed by atoms with E-state index in [1.807, 2.05) is 28.1 Å². The van der Waals surface area contributed by atoms with Crippen LogP contribution in [0.25, 0.3) is 0 Å². The van der Waals surface area contributed by atoms with Crippen LogP contribution >= 0.6 is 23.1 Å². The van der Waals surface area contributed by atoms with E-state index in [-0.39, 0.29) is 5.91 Å². The SMILES string of the molecule is CC1CN(C(=O)c2sccc2C#CCN)CC(C)S1. The second-order valence-corrected chi connectivity index (χ2v) is 7.43. The Kier molecular flexibility index (Phi) is 4.92. The van der Waals surface area contributed by atoms with E-state index in [0.717, 1.165) is 23.5 Å². The lowest BCUT2D eigenvalue weighted by Gasteiger charge is -2.34. The highest BCUT2D eigenvalue weighted by Crippen LogP contribution is 2.27. The molecule has 0 aromatic carbocycles. The van der Waals surface area contributed by atoms with Crippen LogP contribution in [0.5, 0.6) is 0 Å². The van der Waals surface area contributed by atoms with Gasteiger partial charge in [0.2, 0.25) is 0 Å². The van der Waals surface area contributed by atoms with Gasteiger partial charge in [-0.05, 0) is 11.4 Å². The van der Waals surface area contributed by atoms with Crippen molar-refractivity contribution in [1.82, 2.24) is 4.90 Å². The lowest BCUT2D eigenvalue weighted by atomic mass is 10.2. The van der Waals surface area contributed by atoms with Gasteiger partial charge < -0.3 is 10.6 Å². The van der Waals surface area contributed by atoms with Gasteiger partial charge in [0, 0.05) is 29.2 Å². The molecule has 1 aliphatic heterocycles. The average molecular weight is 294 g/mol. The van der Waals surface area contributed by atoms with E-state index >= 15 is 0 Å². The van der Waals surface area contributed by atoms with Crippen LogP contribution in [0.2, 0.25) is 0 Å². The molecule has 3 nitrogen and oxygen atoms in total. The number of nitrogens with zero attached hydrogens (tertiary/aromatic N) is 1. The van der Waals surface area contributed by atoms with E-state index in [9.17, 15) is 4.79 Å². The zero-order valence-corrected chi connectivity index (χ0v) is 12.8. The number of thioether (sulfide) groups is 1. The summed E-state index contributed by atoms with van der Waals surface area (Å²) in [6, 6.07) is 1.89. The zero-order chi connectivity index (χ0) is 13.8. The van der Waals surface area contributed by atoms with Crippen molar-refractivity contribution in [1.29, 1.82) is 0 Å². The molecule has 0 saturated carbocycles. The molecule has 0 aliphatic carbocycles. The van der Waals surface area contributed by atoms with Gasteiger partial charge in [-0.1, -0.05) is 25.7 Å². The summed E-state index contributed by atoms with van der Waals surface area (Å²) in [7, 11) is 0. The molecule has 2 heterocycles. The largest absolute Gasteiger partial charge is 0.336 e. The summed E-state index contributed by atoms with van der Waals surface area (Å²) in [5.41, 5.74) is 6.19. The van der Waals surface area contributed by atoms with E-state index in [1.54, 1.807) is 0 Å². The number of nitrogens with two attached hydrogens (primary N) is 1. The highest BCUT2D eigenvalue weighted by molar-refractivity contribution is 8.00. The van der Waals surface area contributed by atoms with Crippen LogP contribution in [0.4, 0.5) is 0 Å². The molecular weight excluding hydrogens is 276 g/mol. The van der Waals surface area contributed by atoms with Crippen molar-refractivity contribution in [2.75, 3.05) is 19.6 Å². The van der Waals surface area contributed by atoms with Gasteiger partial charge in [0.15, 0.2) is 0 Å². The first-order valence-corrected chi connectivity index (χ1v) is 8.15. The Balaban J connectivity index is 2.17. The molecule has 2 rings (SSSR count). The molecule has 1 fully saturated rings. The predicted octanol–water partition coefficient (Wildman–Crippen LogP) is 2.02. The Morgan fingerprint density at radius 2 is 2.16 bits per heavy atom. The normalized spacial score (nSPS) is 22.8. The fourth-order valence-corrected chi connectivity index (χ4v) is 4.35. The van der Waals surface area contributed by atoms with Crippen molar-refractivity contribution in [2.24, 2.45) is 5.73 Å². The van der Waals surface area contributed by atoms with Crippen molar-refractivity contribution in [3.05, 3.63) is 21.9 Å². The molecule has 1 aliphatic rings. The molecule has 102 valence electrons. The molecule has 2 N–H and O–H groups in total. The number of hydrogen-bond acceptors (Lipinski definition) is 4. The third-order valence-corrected chi connectivity index (χ3v) is 5.02. The molecular formula is C14H18N2OS2. The molecule has 5 heteroatoms. The van der Waals surface area contributed by atoms with Crippen LogP contribution in [-0.2, 0) is 0 Å². The fourth-order valence-electron chi connectivity index (χ4n) is 2.21. The smallest absolute Gasteiger partial charge is 0.265 e. The van der Waals surface area contributed by atoms with Crippen LogP contribution in [0.1, 0.15) is 29.1 Å². The lowest BCUT2D eigenvalue weighted by Crippen LogP contribution is -2.43. The number of carbonyl (C=O) groups excluding carboxylic acids is 1. The summed E-state index contributed by atoms with van der Waals surface area (Å²) in [5, 5.41) is 2.90. The Labute approximate surface area is 122 Å². The van der Waals surface area contributed by atoms with Crippen molar-refractivity contribution in [2.45, 2.75) is 24.3 Å². The first-order valence-electron chi connectivity index (χ1n) is 6.33. The van der Waals surface area contributed by atoms with Crippen LogP contribution < -0.4 is 5.73 Å². The predicted molar refractivity (Wildman–Crippen MR) is 82.7 cm³/mol. The lowest BCUT2D eigenvalue weighted by molar-refractivity contribution is 0.0758. The molecule has 19 heavy (non-hydrogen) atoms. The first kappa shape index (κ1) is 14.4. The molecule has 1 saturated heterocycles. The van der Waals surface area contributed by atoms with Crippen LogP contribution in [0, 0.1) is 11.8 Å². The van der Waals surface area contributed by atoms with Gasteiger partial charge in [-0.2, -0.15) is 11.8 Å². The number of hydrogen-bond donors (Lipinski definition) is 1. The molecule has 1 amide bonds. The maximum Gasteiger partial charge on any atom is 0.265 e. The van der Waals surface area contributed by atoms with E-state index < -0.39 is 0 Å². The quantitative estimate of drug-likeness (QED) is 0.806. The first-order chi connectivity index (χ1) is 9.11. The minimum atomic E-state index is 0.107. The van der Waals surface area contributed by atoms with E-state index in [2.05, 4.69) is 25.7 Å². The Morgan fingerprint density at radius 1 is 1.47 bits per heavy atom. The van der Waals surface area contributed by atoms with E-state index in [1.165, 1.54) is 11.3 Å². The van der Waals surface area contributed by atoms with Gasteiger partial charge in [-0.25, -0.2) is 0 Å². The summed E-state index contributed by atoms with van der Waals surface area (Å²) in [4.78, 5) is 15.3. The van der Waals surface area contributed by atoms with Gasteiger partial charge in [-0.15, -0.1) is 11.3 Å².